The van der Waals surface area contributed by atoms with E-state index in [1.807, 2.05) is 30.5 Å². The molecule has 2 N–H and O–H groups in total. The van der Waals surface area contributed by atoms with Gasteiger partial charge in [0.15, 0.2) is 5.82 Å². The van der Waals surface area contributed by atoms with Gasteiger partial charge in [-0.25, -0.2) is 0 Å². The Balaban J connectivity index is 2.24. The molecule has 0 saturated heterocycles. The zero-order valence-corrected chi connectivity index (χ0v) is 10.5. The molecule has 0 spiro atoms. The molecule has 17 heavy (non-hydrogen) atoms. The predicted molar refractivity (Wildman–Crippen MR) is 68.9 cm³/mol. The molecule has 1 aromatic heterocycles. The van der Waals surface area contributed by atoms with E-state index in [4.69, 9.17) is 10.3 Å². The van der Waals surface area contributed by atoms with Crippen LogP contribution in [-0.2, 0) is 6.42 Å². The third-order valence-corrected chi connectivity index (χ3v) is 3.21. The van der Waals surface area contributed by atoms with Gasteiger partial charge in [0.1, 0.15) is 0 Å². The van der Waals surface area contributed by atoms with Crippen LogP contribution in [0, 0.1) is 0 Å². The molecule has 0 saturated carbocycles. The largest absolute Gasteiger partial charge is 0.334 e. The van der Waals surface area contributed by atoms with Gasteiger partial charge in [-0.15, -0.1) is 11.8 Å². The molecule has 1 heterocycles. The van der Waals surface area contributed by atoms with E-state index >= 15 is 0 Å². The van der Waals surface area contributed by atoms with E-state index in [9.17, 15) is 0 Å². The number of nitrogens with zero attached hydrogens (tertiary/aromatic N) is 2. The number of thioether (sulfide) groups is 1. The van der Waals surface area contributed by atoms with Gasteiger partial charge >= 0.3 is 0 Å². The topological polar surface area (TPSA) is 64.9 Å². The predicted octanol–water partition coefficient (Wildman–Crippen LogP) is 2.35. The lowest BCUT2D eigenvalue weighted by molar-refractivity contribution is 0.421. The molecule has 0 fully saturated rings. The van der Waals surface area contributed by atoms with Crippen molar-refractivity contribution >= 4 is 11.8 Å². The average molecular weight is 249 g/mol. The highest BCUT2D eigenvalue weighted by Crippen LogP contribution is 2.28. The lowest BCUT2D eigenvalue weighted by Gasteiger charge is -2.00. The molecule has 2 rings (SSSR count). The monoisotopic (exact) mass is 249 g/mol. The molecule has 0 aliphatic heterocycles. The van der Waals surface area contributed by atoms with Crippen molar-refractivity contribution < 1.29 is 4.52 Å². The van der Waals surface area contributed by atoms with E-state index in [0.29, 0.717) is 12.4 Å². The van der Waals surface area contributed by atoms with Gasteiger partial charge < -0.3 is 10.3 Å². The van der Waals surface area contributed by atoms with Crippen LogP contribution in [-0.4, -0.2) is 22.9 Å². The zero-order chi connectivity index (χ0) is 12.1. The third kappa shape index (κ3) is 2.87. The first-order valence-electron chi connectivity index (χ1n) is 5.51. The van der Waals surface area contributed by atoms with Crippen molar-refractivity contribution in [1.82, 2.24) is 10.1 Å². The van der Waals surface area contributed by atoms with E-state index in [2.05, 4.69) is 10.1 Å². The maximum atomic E-state index is 5.45. The summed E-state index contributed by atoms with van der Waals surface area (Å²) in [5, 5.41) is 3.95. The van der Waals surface area contributed by atoms with Gasteiger partial charge in [0.2, 0.25) is 0 Å². The zero-order valence-electron chi connectivity index (χ0n) is 9.72. The number of hydrogen-bond acceptors (Lipinski definition) is 5. The number of rotatable bonds is 5. The summed E-state index contributed by atoms with van der Waals surface area (Å²) in [5.74, 6) is 1.31. The normalized spacial score (nSPS) is 10.7. The molecule has 5 heteroatoms. The smallest absolute Gasteiger partial charge is 0.259 e. The summed E-state index contributed by atoms with van der Waals surface area (Å²) in [5.41, 5.74) is 6.44. The molecule has 0 bridgehead atoms. The highest BCUT2D eigenvalue weighted by Gasteiger charge is 2.11. The van der Waals surface area contributed by atoms with Crippen LogP contribution in [0.1, 0.15) is 12.2 Å². The Morgan fingerprint density at radius 1 is 1.35 bits per heavy atom. The summed E-state index contributed by atoms with van der Waals surface area (Å²) in [4.78, 5) is 5.52. The quantitative estimate of drug-likeness (QED) is 0.824. The van der Waals surface area contributed by atoms with E-state index in [-0.39, 0.29) is 0 Å². The minimum absolute atomic E-state index is 0.585. The summed E-state index contributed by atoms with van der Waals surface area (Å²) < 4.78 is 5.27. The van der Waals surface area contributed by atoms with Gasteiger partial charge in [-0.05, 0) is 31.4 Å². The fraction of sp³-hybridized carbons (Fsp3) is 0.333. The van der Waals surface area contributed by atoms with Crippen molar-refractivity contribution in [3.8, 4) is 11.5 Å². The van der Waals surface area contributed by atoms with Gasteiger partial charge in [-0.3, -0.25) is 0 Å². The van der Waals surface area contributed by atoms with Crippen LogP contribution in [0.4, 0.5) is 0 Å². The van der Waals surface area contributed by atoms with Crippen LogP contribution in [0.15, 0.2) is 33.7 Å². The van der Waals surface area contributed by atoms with Crippen molar-refractivity contribution in [2.75, 3.05) is 12.8 Å². The van der Waals surface area contributed by atoms with Crippen LogP contribution >= 0.6 is 11.8 Å². The van der Waals surface area contributed by atoms with Crippen molar-refractivity contribution in [3.63, 3.8) is 0 Å². The van der Waals surface area contributed by atoms with Crippen molar-refractivity contribution in [1.29, 1.82) is 0 Å². The molecule has 1 aromatic carbocycles. The summed E-state index contributed by atoms with van der Waals surface area (Å²) in [6.45, 7) is 0.644. The molecular formula is C12H15N3OS. The standard InChI is InChI=1S/C12H15N3OS/c1-17-10-6-3-2-5-9(10)12-14-11(15-16-12)7-4-8-13/h2-3,5-6H,4,7-8,13H2,1H3. The maximum Gasteiger partial charge on any atom is 0.259 e. The Morgan fingerprint density at radius 3 is 2.94 bits per heavy atom. The highest BCUT2D eigenvalue weighted by atomic mass is 32.2. The van der Waals surface area contributed by atoms with E-state index in [0.717, 1.165) is 29.1 Å². The summed E-state index contributed by atoms with van der Waals surface area (Å²) >= 11 is 1.67. The Kier molecular flexibility index (Phi) is 4.17. The van der Waals surface area contributed by atoms with Gasteiger partial charge in [-0.1, -0.05) is 17.3 Å². The second-order valence-corrected chi connectivity index (χ2v) is 4.46. The first-order chi connectivity index (χ1) is 8.35. The SMILES string of the molecule is CSc1ccccc1-c1nc(CCCN)no1. The molecule has 0 amide bonds. The third-order valence-electron chi connectivity index (χ3n) is 2.41. The van der Waals surface area contributed by atoms with Crippen LogP contribution in [0.3, 0.4) is 0 Å². The van der Waals surface area contributed by atoms with E-state index < -0.39 is 0 Å². The molecule has 0 atom stereocenters. The van der Waals surface area contributed by atoms with E-state index in [1.54, 1.807) is 11.8 Å². The fourth-order valence-corrected chi connectivity index (χ4v) is 2.14. The summed E-state index contributed by atoms with van der Waals surface area (Å²) in [7, 11) is 0. The number of nitrogens with two attached hydrogens (primary N) is 1. The first-order valence-corrected chi connectivity index (χ1v) is 6.73. The maximum absolute atomic E-state index is 5.45. The minimum Gasteiger partial charge on any atom is -0.334 e. The Bertz CT molecular complexity index is 484. The van der Waals surface area contributed by atoms with Crippen molar-refractivity contribution in [2.24, 2.45) is 5.73 Å². The highest BCUT2D eigenvalue weighted by molar-refractivity contribution is 7.98. The lowest BCUT2D eigenvalue weighted by atomic mass is 10.2. The minimum atomic E-state index is 0.585. The average Bonchev–Trinajstić information content (AvgIpc) is 2.85. The molecular weight excluding hydrogens is 234 g/mol. The Morgan fingerprint density at radius 2 is 2.18 bits per heavy atom. The Labute approximate surface area is 105 Å². The number of aromatic nitrogens is 2. The van der Waals surface area contributed by atoms with Gasteiger partial charge in [-0.2, -0.15) is 4.98 Å². The van der Waals surface area contributed by atoms with Gasteiger partial charge in [0.25, 0.3) is 5.89 Å². The van der Waals surface area contributed by atoms with Gasteiger partial charge in [0.05, 0.1) is 5.56 Å². The van der Waals surface area contributed by atoms with Crippen LogP contribution in [0.5, 0.6) is 0 Å². The molecule has 0 aliphatic rings. The van der Waals surface area contributed by atoms with Crippen molar-refractivity contribution in [3.05, 3.63) is 30.1 Å². The fourth-order valence-electron chi connectivity index (χ4n) is 1.55. The van der Waals surface area contributed by atoms with Crippen molar-refractivity contribution in [2.45, 2.75) is 17.7 Å². The van der Waals surface area contributed by atoms with Gasteiger partial charge in [0, 0.05) is 11.3 Å². The van der Waals surface area contributed by atoms with Crippen LogP contribution in [0.25, 0.3) is 11.5 Å². The molecule has 90 valence electrons. The number of hydrogen-bond donors (Lipinski definition) is 1. The molecule has 0 radical (unpaired) electrons. The van der Waals surface area contributed by atoms with Crippen LogP contribution in [0.2, 0.25) is 0 Å². The summed E-state index contributed by atoms with van der Waals surface area (Å²) in [6.07, 6.45) is 3.68. The first kappa shape index (κ1) is 12.1. The number of aryl methyl sites for hydroxylation is 1. The lowest BCUT2D eigenvalue weighted by Crippen LogP contribution is -2.01. The number of benzene rings is 1. The van der Waals surface area contributed by atoms with Crippen LogP contribution < -0.4 is 5.73 Å². The Hall–Kier alpha value is -1.33. The van der Waals surface area contributed by atoms with E-state index in [1.165, 1.54) is 0 Å². The molecule has 4 nitrogen and oxygen atoms in total. The summed E-state index contributed by atoms with van der Waals surface area (Å²) in [6, 6.07) is 8.01. The second kappa shape index (κ2) is 5.84. The molecule has 0 unspecified atom stereocenters. The molecule has 0 aliphatic carbocycles. The molecule has 2 aromatic rings. The second-order valence-electron chi connectivity index (χ2n) is 3.61.